The molecule has 0 saturated carbocycles. The van der Waals surface area contributed by atoms with Gasteiger partial charge in [0.25, 0.3) is 0 Å². The van der Waals surface area contributed by atoms with Gasteiger partial charge in [0.05, 0.1) is 6.10 Å². The summed E-state index contributed by atoms with van der Waals surface area (Å²) >= 11 is 0. The lowest BCUT2D eigenvalue weighted by Gasteiger charge is -2.06. The molecule has 0 fully saturated rings. The average molecular weight is 208 g/mol. The molecule has 80 valence electrons. The molecule has 0 unspecified atom stereocenters. The summed E-state index contributed by atoms with van der Waals surface area (Å²) in [4.78, 5) is 11.1. The van der Waals surface area contributed by atoms with Crippen molar-refractivity contribution in [2.24, 2.45) is 0 Å². The number of carbonyl (C=O) groups is 1. The highest BCUT2D eigenvalue weighted by Crippen LogP contribution is 2.30. The van der Waals surface area contributed by atoms with Crippen LogP contribution in [0.15, 0.2) is 11.1 Å². The van der Waals surface area contributed by atoms with Crippen molar-refractivity contribution in [3.8, 4) is 0 Å². The summed E-state index contributed by atoms with van der Waals surface area (Å²) in [6.45, 7) is 1.50. The molecule has 0 radical (unpaired) electrons. The summed E-state index contributed by atoms with van der Waals surface area (Å²) in [5.74, 6) is -0.362. The Kier molecular flexibility index (Phi) is 2.99. The minimum atomic E-state index is -4.25. The predicted octanol–water partition coefficient (Wildman–Crippen LogP) is 1.98. The van der Waals surface area contributed by atoms with Crippen molar-refractivity contribution in [2.45, 2.75) is 38.5 Å². The predicted molar refractivity (Wildman–Crippen MR) is 43.6 cm³/mol. The SMILES string of the molecule is CC1=C(CCC(F)(F)F)C(=O)C[C@@H]1O. The second-order valence-corrected chi connectivity index (χ2v) is 3.42. The van der Waals surface area contributed by atoms with Crippen LogP contribution in [0.2, 0.25) is 0 Å². The number of carbonyl (C=O) groups excluding carboxylic acids is 1. The lowest BCUT2D eigenvalue weighted by molar-refractivity contribution is -0.134. The van der Waals surface area contributed by atoms with Crippen LogP contribution in [-0.2, 0) is 4.79 Å². The van der Waals surface area contributed by atoms with Crippen LogP contribution in [0.5, 0.6) is 0 Å². The van der Waals surface area contributed by atoms with Crippen molar-refractivity contribution in [1.29, 1.82) is 0 Å². The molecule has 5 heteroatoms. The van der Waals surface area contributed by atoms with Crippen LogP contribution < -0.4 is 0 Å². The second kappa shape index (κ2) is 3.73. The zero-order valence-corrected chi connectivity index (χ0v) is 7.69. The Hall–Kier alpha value is -0.840. The quantitative estimate of drug-likeness (QED) is 0.753. The summed E-state index contributed by atoms with van der Waals surface area (Å²) in [6, 6.07) is 0. The number of Topliss-reactive ketones (excluding diaryl/α,β-unsaturated/α-hetero) is 1. The van der Waals surface area contributed by atoms with Crippen LogP contribution in [0.3, 0.4) is 0 Å². The molecular formula is C9H11F3O2. The van der Waals surface area contributed by atoms with Crippen molar-refractivity contribution in [3.63, 3.8) is 0 Å². The van der Waals surface area contributed by atoms with Crippen LogP contribution in [0.1, 0.15) is 26.2 Å². The number of aliphatic hydroxyl groups is 1. The molecule has 0 aromatic heterocycles. The van der Waals surface area contributed by atoms with E-state index in [4.69, 9.17) is 0 Å². The summed E-state index contributed by atoms with van der Waals surface area (Å²) in [7, 11) is 0. The third-order valence-corrected chi connectivity index (χ3v) is 2.35. The standard InChI is InChI=1S/C9H11F3O2/c1-5-6(2-3-9(10,11)12)8(14)4-7(5)13/h7,13H,2-4H2,1H3/t7-/m0/s1. The van der Waals surface area contributed by atoms with Crippen molar-refractivity contribution < 1.29 is 23.1 Å². The minimum Gasteiger partial charge on any atom is -0.388 e. The van der Waals surface area contributed by atoms with E-state index in [9.17, 15) is 23.1 Å². The number of alkyl halides is 3. The lowest BCUT2D eigenvalue weighted by atomic mass is 10.1. The van der Waals surface area contributed by atoms with Crippen molar-refractivity contribution >= 4 is 5.78 Å². The van der Waals surface area contributed by atoms with Gasteiger partial charge in [-0.1, -0.05) is 0 Å². The fraction of sp³-hybridized carbons (Fsp3) is 0.667. The third-order valence-electron chi connectivity index (χ3n) is 2.35. The highest BCUT2D eigenvalue weighted by Gasteiger charge is 2.32. The number of hydrogen-bond donors (Lipinski definition) is 1. The van der Waals surface area contributed by atoms with Gasteiger partial charge in [0.1, 0.15) is 0 Å². The van der Waals surface area contributed by atoms with Crippen LogP contribution >= 0.6 is 0 Å². The molecule has 1 rings (SSSR count). The Morgan fingerprint density at radius 2 is 2.07 bits per heavy atom. The molecule has 2 nitrogen and oxygen atoms in total. The Morgan fingerprint density at radius 1 is 1.50 bits per heavy atom. The maximum Gasteiger partial charge on any atom is 0.389 e. The molecule has 1 N–H and O–H groups in total. The molecule has 0 saturated heterocycles. The number of hydrogen-bond acceptors (Lipinski definition) is 2. The van der Waals surface area contributed by atoms with Gasteiger partial charge >= 0.3 is 6.18 Å². The van der Waals surface area contributed by atoms with Gasteiger partial charge in [0.2, 0.25) is 0 Å². The van der Waals surface area contributed by atoms with Gasteiger partial charge in [-0.15, -0.1) is 0 Å². The molecule has 0 spiro atoms. The average Bonchev–Trinajstić information content (AvgIpc) is 2.23. The first-order valence-corrected chi connectivity index (χ1v) is 4.29. The largest absolute Gasteiger partial charge is 0.389 e. The van der Waals surface area contributed by atoms with Crippen LogP contribution in [-0.4, -0.2) is 23.2 Å². The van der Waals surface area contributed by atoms with Gasteiger partial charge in [-0.3, -0.25) is 4.79 Å². The van der Waals surface area contributed by atoms with Crippen LogP contribution in [0.4, 0.5) is 13.2 Å². The number of ketones is 1. The Labute approximate surface area is 79.4 Å². The Balaban J connectivity index is 2.64. The molecule has 0 heterocycles. The molecule has 1 aliphatic carbocycles. The number of rotatable bonds is 2. The van der Waals surface area contributed by atoms with E-state index in [0.29, 0.717) is 5.57 Å². The first-order valence-electron chi connectivity index (χ1n) is 4.29. The summed E-state index contributed by atoms with van der Waals surface area (Å²) in [5.41, 5.74) is 0.536. The minimum absolute atomic E-state index is 0.0704. The molecule has 0 amide bonds. The molecule has 14 heavy (non-hydrogen) atoms. The molecule has 0 aromatic carbocycles. The summed E-state index contributed by atoms with van der Waals surface area (Å²) < 4.78 is 35.6. The smallest absolute Gasteiger partial charge is 0.388 e. The molecule has 0 bridgehead atoms. The van der Waals surface area contributed by atoms with Crippen molar-refractivity contribution in [2.75, 3.05) is 0 Å². The summed E-state index contributed by atoms with van der Waals surface area (Å²) in [6.07, 6.45) is -6.52. The first kappa shape index (κ1) is 11.2. The van der Waals surface area contributed by atoms with Gasteiger partial charge < -0.3 is 5.11 Å². The monoisotopic (exact) mass is 208 g/mol. The maximum atomic E-state index is 11.9. The van der Waals surface area contributed by atoms with E-state index in [1.54, 1.807) is 0 Å². The van der Waals surface area contributed by atoms with E-state index >= 15 is 0 Å². The fourth-order valence-electron chi connectivity index (χ4n) is 1.48. The fourth-order valence-corrected chi connectivity index (χ4v) is 1.48. The summed E-state index contributed by atoms with van der Waals surface area (Å²) in [5, 5.41) is 9.21. The highest BCUT2D eigenvalue weighted by atomic mass is 19.4. The zero-order valence-electron chi connectivity index (χ0n) is 7.69. The van der Waals surface area contributed by atoms with Gasteiger partial charge in [0, 0.05) is 12.8 Å². The van der Waals surface area contributed by atoms with E-state index in [0.717, 1.165) is 0 Å². The molecule has 0 aliphatic heterocycles. The molecule has 1 atom stereocenters. The van der Waals surface area contributed by atoms with Crippen LogP contribution in [0.25, 0.3) is 0 Å². The second-order valence-electron chi connectivity index (χ2n) is 3.42. The van der Waals surface area contributed by atoms with E-state index < -0.39 is 18.7 Å². The topological polar surface area (TPSA) is 37.3 Å². The molecule has 0 aromatic rings. The highest BCUT2D eigenvalue weighted by molar-refractivity contribution is 5.99. The van der Waals surface area contributed by atoms with Gasteiger partial charge in [-0.05, 0) is 24.5 Å². The van der Waals surface area contributed by atoms with E-state index in [2.05, 4.69) is 0 Å². The van der Waals surface area contributed by atoms with Gasteiger partial charge in [-0.25, -0.2) is 0 Å². The number of aliphatic hydroxyl groups excluding tert-OH is 1. The van der Waals surface area contributed by atoms with E-state index in [-0.39, 0.29) is 24.2 Å². The lowest BCUT2D eigenvalue weighted by Crippen LogP contribution is -2.09. The van der Waals surface area contributed by atoms with Gasteiger partial charge in [-0.2, -0.15) is 13.2 Å². The Bertz CT molecular complexity index is 278. The van der Waals surface area contributed by atoms with Gasteiger partial charge in [0.15, 0.2) is 5.78 Å². The molecule has 1 aliphatic rings. The van der Waals surface area contributed by atoms with Crippen LogP contribution in [0, 0.1) is 0 Å². The normalized spacial score (nSPS) is 23.5. The van der Waals surface area contributed by atoms with E-state index in [1.807, 2.05) is 0 Å². The van der Waals surface area contributed by atoms with Crippen molar-refractivity contribution in [1.82, 2.24) is 0 Å². The Morgan fingerprint density at radius 3 is 2.43 bits per heavy atom. The van der Waals surface area contributed by atoms with E-state index in [1.165, 1.54) is 6.92 Å². The number of halogens is 3. The number of allylic oxidation sites excluding steroid dienone is 1. The maximum absolute atomic E-state index is 11.9. The van der Waals surface area contributed by atoms with Crippen molar-refractivity contribution in [3.05, 3.63) is 11.1 Å². The first-order chi connectivity index (χ1) is 6.31. The third kappa shape index (κ3) is 2.57. The zero-order chi connectivity index (χ0) is 10.9. The molecular weight excluding hydrogens is 197 g/mol.